The quantitative estimate of drug-likeness (QED) is 0.363. The fourth-order valence-corrected chi connectivity index (χ4v) is 3.61. The highest BCUT2D eigenvalue weighted by atomic mass is 32.2. The van der Waals surface area contributed by atoms with Gasteiger partial charge in [0.2, 0.25) is 5.91 Å². The van der Waals surface area contributed by atoms with Gasteiger partial charge in [0, 0.05) is 12.1 Å². The number of rotatable bonds is 10. The second-order valence-electron chi connectivity index (χ2n) is 6.59. The van der Waals surface area contributed by atoms with Gasteiger partial charge in [0.05, 0.1) is 18.0 Å². The monoisotopic (exact) mass is 428 g/mol. The van der Waals surface area contributed by atoms with Crippen molar-refractivity contribution in [1.82, 2.24) is 14.8 Å². The van der Waals surface area contributed by atoms with Gasteiger partial charge in [-0.3, -0.25) is 4.79 Å². The summed E-state index contributed by atoms with van der Waals surface area (Å²) in [5.74, 6) is 0.906. The van der Waals surface area contributed by atoms with Crippen molar-refractivity contribution in [1.29, 1.82) is 0 Å². The third-order valence-electron chi connectivity index (χ3n) is 4.39. The summed E-state index contributed by atoms with van der Waals surface area (Å²) in [6.45, 7) is 5.49. The van der Waals surface area contributed by atoms with Crippen LogP contribution in [-0.2, 0) is 11.3 Å². The van der Waals surface area contributed by atoms with Crippen molar-refractivity contribution in [2.45, 2.75) is 38.4 Å². The maximum atomic E-state index is 13.7. The molecule has 0 aliphatic carbocycles. The van der Waals surface area contributed by atoms with Crippen molar-refractivity contribution in [3.8, 4) is 17.1 Å². The smallest absolute Gasteiger partial charge is 0.234 e. The number of hydrogen-bond acceptors (Lipinski definition) is 5. The first-order valence-corrected chi connectivity index (χ1v) is 10.9. The first-order valence-electron chi connectivity index (χ1n) is 9.96. The average molecular weight is 429 g/mol. The lowest BCUT2D eigenvalue weighted by Gasteiger charge is -2.09. The molecule has 158 valence electrons. The van der Waals surface area contributed by atoms with E-state index in [1.54, 1.807) is 12.1 Å². The lowest BCUT2D eigenvalue weighted by atomic mass is 10.2. The zero-order valence-corrected chi connectivity index (χ0v) is 17.9. The highest BCUT2D eigenvalue weighted by molar-refractivity contribution is 7.99. The Bertz CT molecular complexity index is 976. The normalized spacial score (nSPS) is 10.8. The van der Waals surface area contributed by atoms with E-state index in [1.807, 2.05) is 35.8 Å². The van der Waals surface area contributed by atoms with Gasteiger partial charge in [0.1, 0.15) is 11.6 Å². The van der Waals surface area contributed by atoms with Gasteiger partial charge >= 0.3 is 0 Å². The SMILES string of the molecule is CCCCOc1ccc(-c2nnc(SCC(=O)Nc3ccccc3F)n2CC)cc1. The fraction of sp³-hybridized carbons (Fsp3) is 0.318. The van der Waals surface area contributed by atoms with E-state index in [0.717, 1.165) is 30.0 Å². The molecule has 0 unspecified atom stereocenters. The highest BCUT2D eigenvalue weighted by Crippen LogP contribution is 2.26. The summed E-state index contributed by atoms with van der Waals surface area (Å²) >= 11 is 1.27. The number of benzene rings is 2. The van der Waals surface area contributed by atoms with Crippen molar-refractivity contribution < 1.29 is 13.9 Å². The van der Waals surface area contributed by atoms with E-state index in [2.05, 4.69) is 22.4 Å². The van der Waals surface area contributed by atoms with Crippen molar-refractivity contribution in [3.63, 3.8) is 0 Å². The van der Waals surface area contributed by atoms with Gasteiger partial charge in [0.15, 0.2) is 11.0 Å². The number of anilines is 1. The predicted octanol–water partition coefficient (Wildman–Crippen LogP) is 5.01. The van der Waals surface area contributed by atoms with Crippen LogP contribution in [0.1, 0.15) is 26.7 Å². The molecule has 8 heteroatoms. The van der Waals surface area contributed by atoms with Crippen molar-refractivity contribution in [2.75, 3.05) is 17.7 Å². The molecule has 0 bridgehead atoms. The molecule has 6 nitrogen and oxygen atoms in total. The minimum absolute atomic E-state index is 0.108. The minimum atomic E-state index is -0.461. The van der Waals surface area contributed by atoms with Crippen molar-refractivity contribution in [2.24, 2.45) is 0 Å². The third-order valence-corrected chi connectivity index (χ3v) is 5.36. The summed E-state index contributed by atoms with van der Waals surface area (Å²) in [6.07, 6.45) is 2.12. The van der Waals surface area contributed by atoms with Crippen LogP contribution in [0.4, 0.5) is 10.1 Å². The minimum Gasteiger partial charge on any atom is -0.494 e. The third kappa shape index (κ3) is 5.60. The number of carbonyl (C=O) groups excluding carboxylic acids is 1. The number of unbranched alkanes of at least 4 members (excludes halogenated alkanes) is 1. The van der Waals surface area contributed by atoms with E-state index < -0.39 is 5.82 Å². The van der Waals surface area contributed by atoms with Crippen LogP contribution in [0.25, 0.3) is 11.4 Å². The Kier molecular flexibility index (Phi) is 7.84. The summed E-state index contributed by atoms with van der Waals surface area (Å²) in [7, 11) is 0. The molecule has 0 fully saturated rings. The van der Waals surface area contributed by atoms with Crippen molar-refractivity contribution in [3.05, 3.63) is 54.3 Å². The second kappa shape index (κ2) is 10.8. The Balaban J connectivity index is 1.64. The van der Waals surface area contributed by atoms with Gasteiger partial charge in [0.25, 0.3) is 0 Å². The van der Waals surface area contributed by atoms with Gasteiger partial charge in [-0.25, -0.2) is 4.39 Å². The predicted molar refractivity (Wildman–Crippen MR) is 117 cm³/mol. The zero-order chi connectivity index (χ0) is 21.3. The molecular weight excluding hydrogens is 403 g/mol. The number of ether oxygens (including phenoxy) is 1. The molecule has 3 rings (SSSR count). The molecule has 1 N–H and O–H groups in total. The summed E-state index contributed by atoms with van der Waals surface area (Å²) in [4.78, 5) is 12.2. The molecule has 1 amide bonds. The number of nitrogens with zero attached hydrogens (tertiary/aromatic N) is 3. The molecule has 30 heavy (non-hydrogen) atoms. The molecule has 0 atom stereocenters. The molecule has 2 aromatic carbocycles. The Morgan fingerprint density at radius 1 is 1.13 bits per heavy atom. The molecule has 1 aromatic heterocycles. The van der Waals surface area contributed by atoms with E-state index >= 15 is 0 Å². The molecule has 0 aliphatic heterocycles. The molecule has 0 saturated heterocycles. The summed E-state index contributed by atoms with van der Waals surface area (Å²) in [6, 6.07) is 13.8. The van der Waals surface area contributed by atoms with Crippen LogP contribution in [0, 0.1) is 5.82 Å². The first kappa shape index (κ1) is 21.8. The fourth-order valence-electron chi connectivity index (χ4n) is 2.81. The van der Waals surface area contributed by atoms with Crippen LogP contribution in [-0.4, -0.2) is 33.0 Å². The first-order chi connectivity index (χ1) is 14.6. The van der Waals surface area contributed by atoms with E-state index in [1.165, 1.54) is 23.9 Å². The summed E-state index contributed by atoms with van der Waals surface area (Å²) < 4.78 is 21.3. The number of nitrogens with one attached hydrogen (secondary N) is 1. The van der Waals surface area contributed by atoms with Crippen LogP contribution in [0.2, 0.25) is 0 Å². The molecule has 0 aliphatic rings. The zero-order valence-electron chi connectivity index (χ0n) is 17.1. The molecular formula is C22H25FN4O2S. The molecule has 0 spiro atoms. The van der Waals surface area contributed by atoms with Crippen LogP contribution < -0.4 is 10.1 Å². The van der Waals surface area contributed by atoms with Crippen LogP contribution in [0.5, 0.6) is 5.75 Å². The lowest BCUT2D eigenvalue weighted by molar-refractivity contribution is -0.113. The van der Waals surface area contributed by atoms with Gasteiger partial charge in [-0.2, -0.15) is 0 Å². The number of halogens is 1. The number of hydrogen-bond donors (Lipinski definition) is 1. The summed E-state index contributed by atoms with van der Waals surface area (Å²) in [5, 5.41) is 11.7. The van der Waals surface area contributed by atoms with E-state index in [4.69, 9.17) is 4.74 Å². The largest absolute Gasteiger partial charge is 0.494 e. The Hall–Kier alpha value is -2.87. The van der Waals surface area contributed by atoms with Crippen molar-refractivity contribution >= 4 is 23.4 Å². The topological polar surface area (TPSA) is 69.0 Å². The Morgan fingerprint density at radius 2 is 1.90 bits per heavy atom. The van der Waals surface area contributed by atoms with E-state index in [0.29, 0.717) is 18.3 Å². The number of carbonyl (C=O) groups is 1. The van der Waals surface area contributed by atoms with Gasteiger partial charge in [-0.15, -0.1) is 10.2 Å². The van der Waals surface area contributed by atoms with Crippen LogP contribution in [0.3, 0.4) is 0 Å². The van der Waals surface area contributed by atoms with Gasteiger partial charge in [-0.05, 0) is 49.7 Å². The van der Waals surface area contributed by atoms with Crippen LogP contribution in [0.15, 0.2) is 53.7 Å². The second-order valence-corrected chi connectivity index (χ2v) is 7.54. The van der Waals surface area contributed by atoms with Gasteiger partial charge in [-0.1, -0.05) is 37.2 Å². The summed E-state index contributed by atoms with van der Waals surface area (Å²) in [5.41, 5.74) is 1.09. The van der Waals surface area contributed by atoms with E-state index in [9.17, 15) is 9.18 Å². The number of para-hydroxylation sites is 1. The highest BCUT2D eigenvalue weighted by Gasteiger charge is 2.15. The maximum Gasteiger partial charge on any atom is 0.234 e. The standard InChI is InChI=1S/C22H25FN4O2S/c1-3-5-14-29-17-12-10-16(11-13-17)21-25-26-22(27(21)4-2)30-15-20(28)24-19-9-7-6-8-18(19)23/h6-13H,3-5,14-15H2,1-2H3,(H,24,28). The molecule has 0 saturated carbocycles. The molecule has 1 heterocycles. The number of amides is 1. The maximum absolute atomic E-state index is 13.7. The number of aromatic nitrogens is 3. The van der Waals surface area contributed by atoms with E-state index in [-0.39, 0.29) is 17.3 Å². The Morgan fingerprint density at radius 3 is 2.60 bits per heavy atom. The van der Waals surface area contributed by atoms with Gasteiger partial charge < -0.3 is 14.6 Å². The number of thioether (sulfide) groups is 1. The average Bonchev–Trinajstić information content (AvgIpc) is 3.17. The van der Waals surface area contributed by atoms with Crippen LogP contribution >= 0.6 is 11.8 Å². The lowest BCUT2D eigenvalue weighted by Crippen LogP contribution is -2.15. The molecule has 3 aromatic rings. The Labute approximate surface area is 179 Å². The molecule has 0 radical (unpaired) electrons.